The molecule has 0 saturated heterocycles. The van der Waals surface area contributed by atoms with Gasteiger partial charge in [-0.25, -0.2) is 4.68 Å². The number of nitriles is 1. The molecule has 0 unspecified atom stereocenters. The van der Waals surface area contributed by atoms with Crippen LogP contribution in [0, 0.1) is 11.3 Å². The number of nitrogens with zero attached hydrogens (tertiary/aromatic N) is 4. The zero-order valence-corrected chi connectivity index (χ0v) is 10.8. The van der Waals surface area contributed by atoms with Gasteiger partial charge in [0.25, 0.3) is 0 Å². The molecular weight excluding hydrogens is 266 g/mol. The average Bonchev–Trinajstić information content (AvgIpc) is 2.80. The third-order valence-corrected chi connectivity index (χ3v) is 2.85. The van der Waals surface area contributed by atoms with E-state index in [-0.39, 0.29) is 19.7 Å². The molecule has 7 heteroatoms. The van der Waals surface area contributed by atoms with Gasteiger partial charge in [-0.2, -0.15) is 5.26 Å². The van der Waals surface area contributed by atoms with Crippen molar-refractivity contribution >= 4 is 11.6 Å². The van der Waals surface area contributed by atoms with Gasteiger partial charge >= 0.3 is 0 Å². The van der Waals surface area contributed by atoms with Gasteiger partial charge in [0.1, 0.15) is 30.3 Å². The van der Waals surface area contributed by atoms with Crippen molar-refractivity contribution in [3.8, 4) is 11.8 Å². The Labute approximate surface area is 115 Å². The van der Waals surface area contributed by atoms with Crippen LogP contribution >= 0.6 is 11.6 Å². The molecule has 6 nitrogen and oxygen atoms in total. The van der Waals surface area contributed by atoms with E-state index in [0.717, 1.165) is 0 Å². The smallest absolute Gasteiger partial charge is 0.138 e. The molecule has 0 aliphatic carbocycles. The van der Waals surface area contributed by atoms with E-state index < -0.39 is 0 Å². The number of hydrogen-bond acceptors (Lipinski definition) is 5. The fourth-order valence-corrected chi connectivity index (χ4v) is 1.78. The molecule has 1 aromatic carbocycles. The van der Waals surface area contributed by atoms with Crippen LogP contribution in [-0.4, -0.2) is 15.0 Å². The number of rotatable bonds is 5. The molecule has 0 spiro atoms. The minimum Gasteiger partial charge on any atom is -0.486 e. The fraction of sp³-hybridized carbons (Fsp3) is 0.250. The van der Waals surface area contributed by atoms with Gasteiger partial charge in [0.05, 0.1) is 11.1 Å². The van der Waals surface area contributed by atoms with Gasteiger partial charge in [-0.1, -0.05) is 28.9 Å². The Morgan fingerprint density at radius 2 is 2.21 bits per heavy atom. The molecule has 0 radical (unpaired) electrons. The number of benzene rings is 1. The van der Waals surface area contributed by atoms with Crippen molar-refractivity contribution in [2.45, 2.75) is 19.7 Å². The van der Waals surface area contributed by atoms with Crippen LogP contribution in [0.4, 0.5) is 0 Å². The number of hydrogen-bond donors (Lipinski definition) is 1. The molecule has 0 bridgehead atoms. The molecular formula is C12H12ClN5O. The van der Waals surface area contributed by atoms with Crippen molar-refractivity contribution in [3.63, 3.8) is 0 Å². The Bertz CT molecular complexity index is 604. The van der Waals surface area contributed by atoms with E-state index >= 15 is 0 Å². The molecule has 1 aromatic heterocycles. The summed E-state index contributed by atoms with van der Waals surface area (Å²) in [5.74, 6) is 0.567. The second-order valence-corrected chi connectivity index (χ2v) is 4.13. The monoisotopic (exact) mass is 277 g/mol. The summed E-state index contributed by atoms with van der Waals surface area (Å²) in [6.45, 7) is 0.561. The molecule has 1 heterocycles. The van der Waals surface area contributed by atoms with Gasteiger partial charge in [0.15, 0.2) is 0 Å². The van der Waals surface area contributed by atoms with Crippen molar-refractivity contribution in [2.24, 2.45) is 5.73 Å². The molecule has 0 aliphatic heterocycles. The zero-order valence-electron chi connectivity index (χ0n) is 10.1. The van der Waals surface area contributed by atoms with Gasteiger partial charge in [-0.05, 0) is 12.1 Å². The maximum Gasteiger partial charge on any atom is 0.138 e. The van der Waals surface area contributed by atoms with Gasteiger partial charge in [0, 0.05) is 6.54 Å². The first kappa shape index (κ1) is 13.3. The van der Waals surface area contributed by atoms with Crippen LogP contribution in [0.25, 0.3) is 0 Å². The SMILES string of the molecule is N#CCn1nnc(CN)c1COc1ccccc1Cl. The van der Waals surface area contributed by atoms with E-state index in [9.17, 15) is 0 Å². The fourth-order valence-electron chi connectivity index (χ4n) is 1.59. The largest absolute Gasteiger partial charge is 0.486 e. The van der Waals surface area contributed by atoms with Crippen molar-refractivity contribution < 1.29 is 4.74 Å². The van der Waals surface area contributed by atoms with E-state index in [0.29, 0.717) is 22.2 Å². The maximum absolute atomic E-state index is 8.72. The number of aromatic nitrogens is 3. The van der Waals surface area contributed by atoms with Crippen molar-refractivity contribution in [2.75, 3.05) is 0 Å². The molecule has 2 aromatic rings. The van der Waals surface area contributed by atoms with Crippen molar-refractivity contribution in [3.05, 3.63) is 40.7 Å². The van der Waals surface area contributed by atoms with Crippen LogP contribution in [-0.2, 0) is 19.7 Å². The Morgan fingerprint density at radius 3 is 2.89 bits per heavy atom. The summed E-state index contributed by atoms with van der Waals surface area (Å²) in [6.07, 6.45) is 0. The maximum atomic E-state index is 8.72. The topological polar surface area (TPSA) is 89.8 Å². The Morgan fingerprint density at radius 1 is 1.42 bits per heavy atom. The molecule has 0 fully saturated rings. The summed E-state index contributed by atoms with van der Waals surface area (Å²) in [5.41, 5.74) is 6.88. The molecule has 19 heavy (non-hydrogen) atoms. The van der Waals surface area contributed by atoms with E-state index in [1.54, 1.807) is 12.1 Å². The summed E-state index contributed by atoms with van der Waals surface area (Å²) < 4.78 is 7.08. The predicted molar refractivity (Wildman–Crippen MR) is 69.3 cm³/mol. The minimum absolute atomic E-state index is 0.105. The predicted octanol–water partition coefficient (Wildman–Crippen LogP) is 1.49. The number of ether oxygens (including phenoxy) is 1. The molecule has 98 valence electrons. The molecule has 0 amide bonds. The lowest BCUT2D eigenvalue weighted by Gasteiger charge is -2.09. The van der Waals surface area contributed by atoms with Gasteiger partial charge < -0.3 is 10.5 Å². The van der Waals surface area contributed by atoms with E-state index in [1.165, 1.54) is 4.68 Å². The number of para-hydroxylation sites is 1. The Hall–Kier alpha value is -2.10. The van der Waals surface area contributed by atoms with E-state index in [1.807, 2.05) is 18.2 Å². The summed E-state index contributed by atoms with van der Waals surface area (Å²) in [7, 11) is 0. The Balaban J connectivity index is 2.17. The standard InChI is InChI=1S/C12H12ClN5O/c13-9-3-1-2-4-12(9)19-8-11-10(7-15)16-17-18(11)6-5-14/h1-4H,6-8,15H2. The summed E-state index contributed by atoms with van der Waals surface area (Å²) in [5, 5.41) is 17.0. The molecule has 0 aliphatic rings. The van der Waals surface area contributed by atoms with Gasteiger partial charge in [-0.15, -0.1) is 5.10 Å². The molecule has 2 rings (SSSR count). The van der Waals surface area contributed by atoms with Crippen LogP contribution < -0.4 is 10.5 Å². The number of nitrogens with two attached hydrogens (primary N) is 1. The highest BCUT2D eigenvalue weighted by Crippen LogP contribution is 2.24. The Kier molecular flexibility index (Phi) is 4.34. The van der Waals surface area contributed by atoms with Crippen LogP contribution in [0.5, 0.6) is 5.75 Å². The van der Waals surface area contributed by atoms with E-state index in [4.69, 9.17) is 27.3 Å². The van der Waals surface area contributed by atoms with Crippen LogP contribution in [0.3, 0.4) is 0 Å². The zero-order chi connectivity index (χ0) is 13.7. The highest BCUT2D eigenvalue weighted by atomic mass is 35.5. The third-order valence-electron chi connectivity index (χ3n) is 2.53. The van der Waals surface area contributed by atoms with Crippen LogP contribution in [0.15, 0.2) is 24.3 Å². The summed E-state index contributed by atoms with van der Waals surface area (Å²) in [4.78, 5) is 0. The highest BCUT2D eigenvalue weighted by molar-refractivity contribution is 6.32. The lowest BCUT2D eigenvalue weighted by Crippen LogP contribution is -2.10. The lowest BCUT2D eigenvalue weighted by atomic mass is 10.3. The number of halogens is 1. The normalized spacial score (nSPS) is 10.2. The van der Waals surface area contributed by atoms with Gasteiger partial charge in [0.2, 0.25) is 0 Å². The van der Waals surface area contributed by atoms with E-state index in [2.05, 4.69) is 10.3 Å². The second-order valence-electron chi connectivity index (χ2n) is 3.72. The van der Waals surface area contributed by atoms with Crippen LogP contribution in [0.1, 0.15) is 11.4 Å². The molecule has 2 N–H and O–H groups in total. The van der Waals surface area contributed by atoms with Crippen LogP contribution in [0.2, 0.25) is 5.02 Å². The highest BCUT2D eigenvalue weighted by Gasteiger charge is 2.12. The third kappa shape index (κ3) is 3.02. The quantitative estimate of drug-likeness (QED) is 0.894. The second kappa shape index (κ2) is 6.18. The molecule has 0 atom stereocenters. The minimum atomic E-state index is 0.105. The summed E-state index contributed by atoms with van der Waals surface area (Å²) >= 11 is 6.00. The van der Waals surface area contributed by atoms with Gasteiger partial charge in [-0.3, -0.25) is 0 Å². The summed E-state index contributed by atoms with van der Waals surface area (Å²) in [6, 6.07) is 9.17. The average molecular weight is 278 g/mol. The molecule has 0 saturated carbocycles. The first-order valence-corrected chi connectivity index (χ1v) is 5.99. The van der Waals surface area contributed by atoms with Crippen molar-refractivity contribution in [1.82, 2.24) is 15.0 Å². The first-order chi connectivity index (χ1) is 9.26. The lowest BCUT2D eigenvalue weighted by molar-refractivity contribution is 0.292. The first-order valence-electron chi connectivity index (χ1n) is 5.62. The van der Waals surface area contributed by atoms with Crippen molar-refractivity contribution in [1.29, 1.82) is 5.26 Å².